The van der Waals surface area contributed by atoms with Gasteiger partial charge in [0.25, 0.3) is 5.91 Å². The van der Waals surface area contributed by atoms with E-state index < -0.39 is 17.6 Å². The Morgan fingerprint density at radius 1 is 1.13 bits per heavy atom. The molecule has 3 heterocycles. The Morgan fingerprint density at radius 2 is 1.92 bits per heavy atom. The third kappa shape index (κ3) is 4.84. The third-order valence-electron chi connectivity index (χ3n) is 8.77. The van der Waals surface area contributed by atoms with E-state index in [1.54, 1.807) is 6.07 Å². The number of likely N-dealkylation sites (tertiary alicyclic amines) is 1. The Kier molecular flexibility index (Phi) is 6.71. The number of hydrogen-bond donors (Lipinski definition) is 3. The lowest BCUT2D eigenvalue weighted by atomic mass is 9.81. The zero-order chi connectivity index (χ0) is 27.1. The molecule has 1 unspecified atom stereocenters. The number of nitrogens with one attached hydrogen (secondary N) is 3. The van der Waals surface area contributed by atoms with Crippen LogP contribution in [0.25, 0.3) is 10.8 Å². The third-order valence-corrected chi connectivity index (χ3v) is 8.77. The zero-order valence-electron chi connectivity index (χ0n) is 22.0. The number of rotatable bonds is 8. The number of piperidine rings is 2. The summed E-state index contributed by atoms with van der Waals surface area (Å²) in [7, 11) is 0. The van der Waals surface area contributed by atoms with Gasteiger partial charge in [0.1, 0.15) is 11.7 Å². The number of carbonyl (C=O) groups is 3. The number of nitrogens with zero attached hydrogens (tertiary/aromatic N) is 2. The van der Waals surface area contributed by atoms with Crippen molar-refractivity contribution in [1.82, 2.24) is 15.5 Å². The van der Waals surface area contributed by atoms with Crippen LogP contribution in [0.15, 0.2) is 42.1 Å². The lowest BCUT2D eigenvalue weighted by Crippen LogP contribution is -2.53. The van der Waals surface area contributed by atoms with Gasteiger partial charge in [0, 0.05) is 61.9 Å². The van der Waals surface area contributed by atoms with E-state index >= 15 is 0 Å². The summed E-state index contributed by atoms with van der Waals surface area (Å²) in [6.45, 7) is 2.31. The summed E-state index contributed by atoms with van der Waals surface area (Å²) < 4.78 is 14.5. The highest BCUT2D eigenvalue weighted by Crippen LogP contribution is 2.41. The smallest absolute Gasteiger partial charge is 0.259 e. The van der Waals surface area contributed by atoms with Gasteiger partial charge < -0.3 is 15.6 Å². The lowest BCUT2D eigenvalue weighted by Gasteiger charge is -2.41. The van der Waals surface area contributed by atoms with E-state index in [1.807, 2.05) is 30.5 Å². The zero-order valence-corrected chi connectivity index (χ0v) is 22.0. The second-order valence-electron chi connectivity index (χ2n) is 11.4. The monoisotopic (exact) mass is 531 g/mol. The van der Waals surface area contributed by atoms with Gasteiger partial charge in [-0.3, -0.25) is 24.6 Å². The van der Waals surface area contributed by atoms with Crippen molar-refractivity contribution in [2.45, 2.75) is 69.1 Å². The summed E-state index contributed by atoms with van der Waals surface area (Å²) in [5.74, 6) is -0.982. The van der Waals surface area contributed by atoms with Gasteiger partial charge in [-0.2, -0.15) is 0 Å². The van der Waals surface area contributed by atoms with E-state index in [0.717, 1.165) is 54.3 Å². The fourth-order valence-electron chi connectivity index (χ4n) is 6.42. The van der Waals surface area contributed by atoms with Crippen molar-refractivity contribution in [3.05, 3.63) is 53.2 Å². The Morgan fingerprint density at radius 3 is 2.62 bits per heavy atom. The molecule has 9 heteroatoms. The summed E-state index contributed by atoms with van der Waals surface area (Å²) in [6, 6.07) is 9.02. The van der Waals surface area contributed by atoms with Gasteiger partial charge in [-0.05, 0) is 67.2 Å². The number of benzene rings is 2. The van der Waals surface area contributed by atoms with E-state index in [0.29, 0.717) is 49.5 Å². The number of anilines is 1. The molecule has 2 saturated heterocycles. The number of carbonyl (C=O) groups excluding carboxylic acids is 3. The van der Waals surface area contributed by atoms with E-state index in [-0.39, 0.29) is 18.2 Å². The van der Waals surface area contributed by atoms with Crippen LogP contribution in [0, 0.1) is 5.41 Å². The molecule has 0 bridgehead atoms. The predicted octanol–water partition coefficient (Wildman–Crippen LogP) is 3.63. The van der Waals surface area contributed by atoms with E-state index in [9.17, 15) is 18.8 Å². The second kappa shape index (κ2) is 10.2. The number of alkyl halides is 1. The van der Waals surface area contributed by atoms with Crippen LogP contribution in [-0.4, -0.2) is 66.2 Å². The minimum Gasteiger partial charge on any atom is -0.388 e. The first-order valence-corrected chi connectivity index (χ1v) is 13.9. The Labute approximate surface area is 227 Å². The van der Waals surface area contributed by atoms with Gasteiger partial charge in [0.05, 0.1) is 5.69 Å². The van der Waals surface area contributed by atoms with Gasteiger partial charge in [0.15, 0.2) is 0 Å². The Balaban J connectivity index is 1.16. The summed E-state index contributed by atoms with van der Waals surface area (Å²) in [4.78, 5) is 41.4. The van der Waals surface area contributed by atoms with Crippen molar-refractivity contribution >= 4 is 40.4 Å². The van der Waals surface area contributed by atoms with Crippen molar-refractivity contribution in [2.75, 3.05) is 24.5 Å². The topological polar surface area (TPSA) is 106 Å². The highest BCUT2D eigenvalue weighted by molar-refractivity contribution is 6.27. The molecule has 2 aromatic rings. The molecule has 0 aromatic heterocycles. The maximum Gasteiger partial charge on any atom is 0.259 e. The summed E-state index contributed by atoms with van der Waals surface area (Å²) in [6.07, 6.45) is 8.56. The highest BCUT2D eigenvalue weighted by Gasteiger charge is 2.41. The van der Waals surface area contributed by atoms with Crippen LogP contribution >= 0.6 is 0 Å². The molecule has 1 aliphatic carbocycles. The minimum atomic E-state index is -0.976. The number of halogens is 1. The van der Waals surface area contributed by atoms with Crippen molar-refractivity contribution in [3.63, 3.8) is 0 Å². The Bertz CT molecular complexity index is 1380. The molecule has 1 atom stereocenters. The molecule has 204 valence electrons. The fraction of sp³-hybridized carbons (Fsp3) is 0.467. The van der Waals surface area contributed by atoms with Crippen molar-refractivity contribution < 1.29 is 18.8 Å². The molecule has 1 saturated carbocycles. The van der Waals surface area contributed by atoms with Crippen LogP contribution < -0.4 is 15.5 Å². The van der Waals surface area contributed by atoms with Crippen LogP contribution in [0.4, 0.5) is 10.1 Å². The first-order valence-electron chi connectivity index (χ1n) is 13.9. The molecule has 3 fully saturated rings. The molecule has 3 amide bonds. The van der Waals surface area contributed by atoms with Crippen molar-refractivity contribution in [2.24, 2.45) is 0 Å². The first kappa shape index (κ1) is 25.7. The molecule has 39 heavy (non-hydrogen) atoms. The maximum absolute atomic E-state index is 14.5. The standard InChI is InChI=1S/C30H34FN5O3/c31-30(11-2-12-30)18-35-13-9-21(10-14-35)33-17-19(16-32)15-20-5-6-24-27-22(20)3-1-4-23(27)29(39)36(24)25-7-8-26(37)34-28(25)38/h1,3-6,16-17,21,25,32-33H,2,7-15,18H2,(H,34,37,38)/b19-17-,32-16?. The number of amides is 3. The SMILES string of the molecule is N=C/C(=C\NC1CCN(CC2(F)CCC2)CC1)Cc1ccc2c3c(cccc13)C(=O)N2C1CCC(=O)NC1=O. The molecule has 4 aliphatic rings. The van der Waals surface area contributed by atoms with Crippen LogP contribution in [0.5, 0.6) is 0 Å². The van der Waals surface area contributed by atoms with Crippen LogP contribution in [0.3, 0.4) is 0 Å². The molecule has 6 rings (SSSR count). The van der Waals surface area contributed by atoms with E-state index in [2.05, 4.69) is 15.5 Å². The van der Waals surface area contributed by atoms with Crippen molar-refractivity contribution in [1.29, 1.82) is 5.41 Å². The average molecular weight is 532 g/mol. The molecule has 8 nitrogen and oxygen atoms in total. The molecule has 3 N–H and O–H groups in total. The molecule has 0 spiro atoms. The van der Waals surface area contributed by atoms with Crippen LogP contribution in [0.1, 0.15) is 60.9 Å². The van der Waals surface area contributed by atoms with Gasteiger partial charge in [0.2, 0.25) is 11.8 Å². The molecular weight excluding hydrogens is 497 g/mol. The number of imide groups is 1. The molecular formula is C30H34FN5O3. The van der Waals surface area contributed by atoms with Crippen LogP contribution in [-0.2, 0) is 16.0 Å². The highest BCUT2D eigenvalue weighted by atomic mass is 19.1. The van der Waals surface area contributed by atoms with Crippen molar-refractivity contribution in [3.8, 4) is 0 Å². The number of hydrogen-bond acceptors (Lipinski definition) is 6. The van der Waals surface area contributed by atoms with Crippen LogP contribution in [0.2, 0.25) is 0 Å². The number of allylic oxidation sites excluding steroid dienone is 1. The van der Waals surface area contributed by atoms with Gasteiger partial charge in [-0.1, -0.05) is 18.2 Å². The maximum atomic E-state index is 14.5. The summed E-state index contributed by atoms with van der Waals surface area (Å²) in [5, 5.41) is 15.6. The minimum absolute atomic E-state index is 0.202. The largest absolute Gasteiger partial charge is 0.388 e. The molecule has 2 aromatic carbocycles. The van der Waals surface area contributed by atoms with E-state index in [4.69, 9.17) is 5.41 Å². The van der Waals surface area contributed by atoms with Gasteiger partial charge >= 0.3 is 0 Å². The Hall–Kier alpha value is -3.59. The molecule has 0 radical (unpaired) electrons. The average Bonchev–Trinajstić information content (AvgIpc) is 3.20. The second-order valence-corrected chi connectivity index (χ2v) is 11.4. The normalized spacial score (nSPS) is 23.6. The fourth-order valence-corrected chi connectivity index (χ4v) is 6.42. The lowest BCUT2D eigenvalue weighted by molar-refractivity contribution is -0.134. The van der Waals surface area contributed by atoms with Gasteiger partial charge in [-0.25, -0.2) is 4.39 Å². The molecule has 3 aliphatic heterocycles. The summed E-state index contributed by atoms with van der Waals surface area (Å²) >= 11 is 0. The quantitative estimate of drug-likeness (QED) is 0.356. The van der Waals surface area contributed by atoms with E-state index in [1.165, 1.54) is 11.1 Å². The van der Waals surface area contributed by atoms with Gasteiger partial charge in [-0.15, -0.1) is 0 Å². The summed E-state index contributed by atoms with van der Waals surface area (Å²) in [5.41, 5.74) is 2.08. The first-order chi connectivity index (χ1) is 18.8. The predicted molar refractivity (Wildman–Crippen MR) is 148 cm³/mol.